The molecule has 3 N–H and O–H groups in total. The minimum absolute atomic E-state index is 0.0576. The summed E-state index contributed by atoms with van der Waals surface area (Å²) in [6, 6.07) is 5.34. The summed E-state index contributed by atoms with van der Waals surface area (Å²) in [5.74, 6) is 0.379. The number of aliphatic imine (C=N–C) groups is 1. The number of halogens is 2. The van der Waals surface area contributed by atoms with Crippen LogP contribution < -0.4 is 11.1 Å². The predicted molar refractivity (Wildman–Crippen MR) is 94.9 cm³/mol. The van der Waals surface area contributed by atoms with Gasteiger partial charge in [0.2, 0.25) is 0 Å². The van der Waals surface area contributed by atoms with Crippen molar-refractivity contribution < 1.29 is 0 Å². The number of nitrogens with one attached hydrogen (secondary N) is 1. The molecule has 1 heterocycles. The third-order valence-electron chi connectivity index (χ3n) is 3.19. The number of aryl methyl sites for hydroxylation is 2. The summed E-state index contributed by atoms with van der Waals surface area (Å²) in [4.78, 5) is 9.87. The molecule has 0 aliphatic rings. The molecule has 2 rings (SSSR count). The summed E-state index contributed by atoms with van der Waals surface area (Å²) in [7, 11) is 0. The Morgan fingerprint density at radius 1 is 1.41 bits per heavy atom. The summed E-state index contributed by atoms with van der Waals surface area (Å²) in [5.41, 5.74) is 7.88. The Kier molecular flexibility index (Phi) is 5.67. The first-order valence-electron chi connectivity index (χ1n) is 6.81. The molecule has 7 heteroatoms. The van der Waals surface area contributed by atoms with Crippen LogP contribution in [0.15, 0.2) is 23.2 Å². The fraction of sp³-hybridized carbons (Fsp3) is 0.333. The molecule has 0 spiro atoms. The van der Waals surface area contributed by atoms with Crippen LogP contribution in [0, 0.1) is 13.8 Å². The van der Waals surface area contributed by atoms with Gasteiger partial charge >= 0.3 is 0 Å². The Morgan fingerprint density at radius 3 is 2.73 bits per heavy atom. The van der Waals surface area contributed by atoms with Gasteiger partial charge in [-0.05, 0) is 38.5 Å². The van der Waals surface area contributed by atoms with E-state index in [-0.39, 0.29) is 6.04 Å². The number of nitrogens with two attached hydrogens (primary N) is 1. The van der Waals surface area contributed by atoms with Gasteiger partial charge in [-0.3, -0.25) is 0 Å². The van der Waals surface area contributed by atoms with Crippen molar-refractivity contribution in [3.63, 3.8) is 0 Å². The molecule has 0 fully saturated rings. The number of hydrogen-bond donors (Lipinski definition) is 2. The lowest BCUT2D eigenvalue weighted by Crippen LogP contribution is -2.33. The number of benzene rings is 1. The highest BCUT2D eigenvalue weighted by atomic mass is 35.5. The first kappa shape index (κ1) is 17.1. The molecule has 0 saturated heterocycles. The van der Waals surface area contributed by atoms with Gasteiger partial charge in [0.1, 0.15) is 0 Å². The highest BCUT2D eigenvalue weighted by molar-refractivity contribution is 7.11. The monoisotopic (exact) mass is 356 g/mol. The Labute approximate surface area is 144 Å². The van der Waals surface area contributed by atoms with Crippen molar-refractivity contribution in [2.24, 2.45) is 10.7 Å². The highest BCUT2D eigenvalue weighted by Crippen LogP contribution is 2.26. The van der Waals surface area contributed by atoms with Crippen molar-refractivity contribution >= 4 is 40.5 Å². The molecule has 0 saturated carbocycles. The van der Waals surface area contributed by atoms with Crippen LogP contribution in [0.5, 0.6) is 0 Å². The molecule has 1 atom stereocenters. The Bertz CT molecular complexity index is 697. The van der Waals surface area contributed by atoms with E-state index >= 15 is 0 Å². The Balaban J connectivity index is 2.02. The molecule has 1 unspecified atom stereocenters. The van der Waals surface area contributed by atoms with Crippen LogP contribution in [0.3, 0.4) is 0 Å². The van der Waals surface area contributed by atoms with Crippen molar-refractivity contribution in [3.8, 4) is 0 Å². The van der Waals surface area contributed by atoms with Crippen molar-refractivity contribution in [1.82, 2.24) is 10.3 Å². The topological polar surface area (TPSA) is 63.3 Å². The predicted octanol–water partition coefficient (Wildman–Crippen LogP) is 4.23. The molecule has 1 aromatic carbocycles. The van der Waals surface area contributed by atoms with Gasteiger partial charge in [-0.25, -0.2) is 9.98 Å². The number of aromatic nitrogens is 1. The van der Waals surface area contributed by atoms with E-state index in [1.165, 1.54) is 0 Å². The maximum atomic E-state index is 6.19. The number of hydrogen-bond acceptors (Lipinski definition) is 3. The Hall–Kier alpha value is -1.30. The second-order valence-corrected chi connectivity index (χ2v) is 7.11. The van der Waals surface area contributed by atoms with Crippen molar-refractivity contribution in [2.75, 3.05) is 0 Å². The molecule has 4 nitrogen and oxygen atoms in total. The zero-order valence-electron chi connectivity index (χ0n) is 12.7. The van der Waals surface area contributed by atoms with Gasteiger partial charge in [0.25, 0.3) is 0 Å². The van der Waals surface area contributed by atoms with E-state index in [9.17, 15) is 0 Å². The lowest BCUT2D eigenvalue weighted by Gasteiger charge is -2.16. The molecule has 0 aliphatic carbocycles. The molecule has 0 bridgehead atoms. The summed E-state index contributed by atoms with van der Waals surface area (Å²) in [6.45, 7) is 6.46. The molecule has 2 aromatic rings. The largest absolute Gasteiger partial charge is 0.370 e. The number of thiazole rings is 1. The maximum Gasteiger partial charge on any atom is 0.189 e. The minimum Gasteiger partial charge on any atom is -0.370 e. The van der Waals surface area contributed by atoms with Crippen LogP contribution in [-0.2, 0) is 6.54 Å². The zero-order valence-corrected chi connectivity index (χ0v) is 15.0. The van der Waals surface area contributed by atoms with E-state index in [0.717, 1.165) is 21.1 Å². The Morgan fingerprint density at radius 2 is 2.14 bits per heavy atom. The average Bonchev–Trinajstić information content (AvgIpc) is 2.74. The summed E-state index contributed by atoms with van der Waals surface area (Å²) < 4.78 is 0. The van der Waals surface area contributed by atoms with Gasteiger partial charge in [-0.15, -0.1) is 11.3 Å². The van der Waals surface area contributed by atoms with Crippen LogP contribution in [0.25, 0.3) is 0 Å². The molecule has 22 heavy (non-hydrogen) atoms. The van der Waals surface area contributed by atoms with E-state index in [0.29, 0.717) is 22.5 Å². The molecular formula is C15H18Cl2N4S. The van der Waals surface area contributed by atoms with E-state index in [1.54, 1.807) is 23.5 Å². The number of rotatable bonds is 4. The maximum absolute atomic E-state index is 6.19. The SMILES string of the molecule is Cc1nc(C)c(CN=C(N)NC(C)c2ccc(Cl)cc2Cl)s1. The van der Waals surface area contributed by atoms with Crippen molar-refractivity contribution in [1.29, 1.82) is 0 Å². The van der Waals surface area contributed by atoms with E-state index in [1.807, 2.05) is 26.8 Å². The lowest BCUT2D eigenvalue weighted by molar-refractivity contribution is 0.708. The van der Waals surface area contributed by atoms with Crippen LogP contribution >= 0.6 is 34.5 Å². The molecular weight excluding hydrogens is 339 g/mol. The van der Waals surface area contributed by atoms with Crippen LogP contribution in [0.4, 0.5) is 0 Å². The first-order valence-corrected chi connectivity index (χ1v) is 8.38. The summed E-state index contributed by atoms with van der Waals surface area (Å²) in [6.07, 6.45) is 0. The third kappa shape index (κ3) is 4.35. The highest BCUT2D eigenvalue weighted by Gasteiger charge is 2.11. The molecule has 0 aliphatic heterocycles. The second kappa shape index (κ2) is 7.31. The van der Waals surface area contributed by atoms with Crippen molar-refractivity contribution in [3.05, 3.63) is 49.4 Å². The van der Waals surface area contributed by atoms with Gasteiger partial charge in [0.05, 0.1) is 23.3 Å². The lowest BCUT2D eigenvalue weighted by atomic mass is 10.1. The van der Waals surface area contributed by atoms with Gasteiger partial charge < -0.3 is 11.1 Å². The quantitative estimate of drug-likeness (QED) is 0.636. The van der Waals surface area contributed by atoms with Gasteiger partial charge in [0.15, 0.2) is 5.96 Å². The normalized spacial score (nSPS) is 13.2. The van der Waals surface area contributed by atoms with E-state index in [4.69, 9.17) is 28.9 Å². The number of nitrogens with zero attached hydrogens (tertiary/aromatic N) is 2. The molecule has 0 radical (unpaired) electrons. The fourth-order valence-electron chi connectivity index (χ4n) is 2.08. The minimum atomic E-state index is -0.0576. The van der Waals surface area contributed by atoms with Gasteiger partial charge in [-0.2, -0.15) is 0 Å². The van der Waals surface area contributed by atoms with E-state index < -0.39 is 0 Å². The first-order chi connectivity index (χ1) is 10.4. The number of guanidine groups is 1. The van der Waals surface area contributed by atoms with Crippen LogP contribution in [-0.4, -0.2) is 10.9 Å². The molecule has 118 valence electrons. The van der Waals surface area contributed by atoms with Gasteiger partial charge in [-0.1, -0.05) is 29.3 Å². The van der Waals surface area contributed by atoms with Crippen molar-refractivity contribution in [2.45, 2.75) is 33.4 Å². The third-order valence-corrected chi connectivity index (χ3v) is 4.81. The average molecular weight is 357 g/mol. The molecule has 1 aromatic heterocycles. The fourth-order valence-corrected chi connectivity index (χ4v) is 3.51. The summed E-state index contributed by atoms with van der Waals surface area (Å²) >= 11 is 13.7. The zero-order chi connectivity index (χ0) is 16.3. The van der Waals surface area contributed by atoms with Crippen LogP contribution in [0.2, 0.25) is 10.0 Å². The summed E-state index contributed by atoms with van der Waals surface area (Å²) in [5, 5.41) is 5.39. The van der Waals surface area contributed by atoms with Gasteiger partial charge in [0, 0.05) is 14.9 Å². The van der Waals surface area contributed by atoms with E-state index in [2.05, 4.69) is 15.3 Å². The molecule has 0 amide bonds. The second-order valence-electron chi connectivity index (χ2n) is 4.97. The standard InChI is InChI=1S/C15H18Cl2N4S/c1-8(12-5-4-11(16)6-13(12)17)21-15(18)19-7-14-9(2)20-10(3)22-14/h4-6,8H,7H2,1-3H3,(H3,18,19,21). The van der Waals surface area contributed by atoms with Crippen LogP contribution in [0.1, 0.15) is 34.1 Å². The smallest absolute Gasteiger partial charge is 0.189 e.